The third-order valence-electron chi connectivity index (χ3n) is 3.62. The van der Waals surface area contributed by atoms with Crippen LogP contribution in [0, 0.1) is 3.57 Å². The lowest BCUT2D eigenvalue weighted by Crippen LogP contribution is -2.30. The van der Waals surface area contributed by atoms with Gasteiger partial charge in [-0.05, 0) is 78.9 Å². The average Bonchev–Trinajstić information content (AvgIpc) is 2.56. The third-order valence-corrected chi connectivity index (χ3v) is 4.74. The maximum atomic E-state index is 12.3. The number of hydrogen-bond donors (Lipinski definition) is 1. The minimum atomic E-state index is -0.209. The van der Waals surface area contributed by atoms with Crippen LogP contribution in [0.3, 0.4) is 0 Å². The van der Waals surface area contributed by atoms with Gasteiger partial charge < -0.3 is 10.2 Å². The maximum Gasteiger partial charge on any atom is 0.256 e. The van der Waals surface area contributed by atoms with Crippen molar-refractivity contribution in [2.24, 2.45) is 0 Å². The molecule has 126 valence electrons. The standard InChI is InChI=1S/C18H18ClIN2O2/c1-3-22(4-2)18(24)12-5-8-14(9-6-12)21-17(23)15-10-7-13(19)11-16(15)20/h5-11H,3-4H2,1-2H3,(H,21,23). The van der Waals surface area contributed by atoms with Gasteiger partial charge in [0.05, 0.1) is 5.56 Å². The largest absolute Gasteiger partial charge is 0.339 e. The number of carbonyl (C=O) groups excluding carboxylic acids is 2. The van der Waals surface area contributed by atoms with Crippen LogP contribution in [-0.2, 0) is 0 Å². The number of nitrogens with zero attached hydrogens (tertiary/aromatic N) is 1. The fraction of sp³-hybridized carbons (Fsp3) is 0.222. The Morgan fingerprint density at radius 2 is 1.71 bits per heavy atom. The number of benzene rings is 2. The van der Waals surface area contributed by atoms with Crippen molar-refractivity contribution in [3.05, 3.63) is 62.2 Å². The Hall–Kier alpha value is -1.60. The highest BCUT2D eigenvalue weighted by atomic mass is 127. The first-order valence-corrected chi connectivity index (χ1v) is 9.07. The van der Waals surface area contributed by atoms with E-state index in [1.807, 2.05) is 13.8 Å². The number of nitrogens with one attached hydrogen (secondary N) is 1. The van der Waals surface area contributed by atoms with Gasteiger partial charge in [0, 0.05) is 32.9 Å². The molecule has 2 aromatic carbocycles. The molecule has 2 aromatic rings. The Labute approximate surface area is 160 Å². The molecule has 0 aliphatic heterocycles. The Balaban J connectivity index is 2.11. The third kappa shape index (κ3) is 4.48. The Bertz CT molecular complexity index is 743. The second-order valence-electron chi connectivity index (χ2n) is 5.13. The van der Waals surface area contributed by atoms with Crippen LogP contribution in [0.2, 0.25) is 5.02 Å². The fourth-order valence-corrected chi connectivity index (χ4v) is 3.38. The van der Waals surface area contributed by atoms with Crippen LogP contribution in [-0.4, -0.2) is 29.8 Å². The zero-order valence-corrected chi connectivity index (χ0v) is 16.4. The molecule has 0 radical (unpaired) electrons. The highest BCUT2D eigenvalue weighted by Crippen LogP contribution is 2.20. The van der Waals surface area contributed by atoms with Crippen molar-refractivity contribution in [3.8, 4) is 0 Å². The van der Waals surface area contributed by atoms with E-state index in [0.717, 1.165) is 3.57 Å². The lowest BCUT2D eigenvalue weighted by molar-refractivity contribution is 0.0773. The van der Waals surface area contributed by atoms with Gasteiger partial charge in [-0.15, -0.1) is 0 Å². The molecule has 0 heterocycles. The summed E-state index contributed by atoms with van der Waals surface area (Å²) in [5.74, 6) is -0.219. The molecule has 0 aromatic heterocycles. The first kappa shape index (κ1) is 18.7. The van der Waals surface area contributed by atoms with E-state index < -0.39 is 0 Å². The highest BCUT2D eigenvalue weighted by Gasteiger charge is 2.13. The first-order chi connectivity index (χ1) is 11.5. The molecule has 1 N–H and O–H groups in total. The van der Waals surface area contributed by atoms with Crippen LogP contribution in [0.15, 0.2) is 42.5 Å². The van der Waals surface area contributed by atoms with Crippen LogP contribution in [0.5, 0.6) is 0 Å². The molecule has 0 aliphatic carbocycles. The normalized spacial score (nSPS) is 10.3. The molecule has 0 spiro atoms. The van der Waals surface area contributed by atoms with Gasteiger partial charge in [-0.1, -0.05) is 11.6 Å². The molecule has 6 heteroatoms. The lowest BCUT2D eigenvalue weighted by Gasteiger charge is -2.18. The second-order valence-corrected chi connectivity index (χ2v) is 6.73. The molecule has 0 aliphatic rings. The maximum absolute atomic E-state index is 12.3. The number of amides is 2. The quantitative estimate of drug-likeness (QED) is 0.664. The number of hydrogen-bond acceptors (Lipinski definition) is 2. The van der Waals surface area contributed by atoms with Gasteiger partial charge >= 0.3 is 0 Å². The average molecular weight is 457 g/mol. The van der Waals surface area contributed by atoms with E-state index in [-0.39, 0.29) is 11.8 Å². The van der Waals surface area contributed by atoms with E-state index in [1.54, 1.807) is 47.4 Å². The van der Waals surface area contributed by atoms with Crippen LogP contribution in [0.25, 0.3) is 0 Å². The van der Waals surface area contributed by atoms with Crippen molar-refractivity contribution in [3.63, 3.8) is 0 Å². The van der Waals surface area contributed by atoms with E-state index >= 15 is 0 Å². The fourth-order valence-electron chi connectivity index (χ4n) is 2.26. The van der Waals surface area contributed by atoms with Gasteiger partial charge in [0.15, 0.2) is 0 Å². The Morgan fingerprint density at radius 1 is 1.08 bits per heavy atom. The van der Waals surface area contributed by atoms with Crippen molar-refractivity contribution in [1.82, 2.24) is 4.90 Å². The minimum absolute atomic E-state index is 0.00914. The van der Waals surface area contributed by atoms with Crippen molar-refractivity contribution in [2.75, 3.05) is 18.4 Å². The van der Waals surface area contributed by atoms with Crippen LogP contribution >= 0.6 is 34.2 Å². The van der Waals surface area contributed by atoms with Gasteiger partial charge in [0.25, 0.3) is 11.8 Å². The van der Waals surface area contributed by atoms with Crippen molar-refractivity contribution >= 4 is 51.7 Å². The van der Waals surface area contributed by atoms with Crippen LogP contribution < -0.4 is 5.32 Å². The predicted octanol–water partition coefficient (Wildman–Crippen LogP) is 4.68. The molecular formula is C18H18ClIN2O2. The van der Waals surface area contributed by atoms with Crippen molar-refractivity contribution in [2.45, 2.75) is 13.8 Å². The zero-order chi connectivity index (χ0) is 17.7. The van der Waals surface area contributed by atoms with E-state index in [0.29, 0.717) is 34.9 Å². The van der Waals surface area contributed by atoms with E-state index in [4.69, 9.17) is 11.6 Å². The SMILES string of the molecule is CCN(CC)C(=O)c1ccc(NC(=O)c2ccc(Cl)cc2I)cc1. The van der Waals surface area contributed by atoms with Crippen molar-refractivity contribution in [1.29, 1.82) is 0 Å². The summed E-state index contributed by atoms with van der Waals surface area (Å²) in [6.07, 6.45) is 0. The Kier molecular flexibility index (Phi) is 6.62. The molecule has 0 saturated carbocycles. The number of anilines is 1. The lowest BCUT2D eigenvalue weighted by atomic mass is 10.1. The smallest absolute Gasteiger partial charge is 0.256 e. The Morgan fingerprint density at radius 3 is 2.25 bits per heavy atom. The molecule has 0 fully saturated rings. The number of carbonyl (C=O) groups is 2. The van der Waals surface area contributed by atoms with Crippen molar-refractivity contribution < 1.29 is 9.59 Å². The highest BCUT2D eigenvalue weighted by molar-refractivity contribution is 14.1. The van der Waals surface area contributed by atoms with Gasteiger partial charge in [0.2, 0.25) is 0 Å². The van der Waals surface area contributed by atoms with E-state index in [9.17, 15) is 9.59 Å². The monoisotopic (exact) mass is 456 g/mol. The molecule has 4 nitrogen and oxygen atoms in total. The van der Waals surface area contributed by atoms with E-state index in [1.165, 1.54) is 0 Å². The van der Waals surface area contributed by atoms with E-state index in [2.05, 4.69) is 27.9 Å². The van der Waals surface area contributed by atoms with Gasteiger partial charge in [-0.3, -0.25) is 9.59 Å². The molecule has 24 heavy (non-hydrogen) atoms. The minimum Gasteiger partial charge on any atom is -0.339 e. The summed E-state index contributed by atoms with van der Waals surface area (Å²) in [5.41, 5.74) is 1.81. The molecule has 0 unspecified atom stereocenters. The predicted molar refractivity (Wildman–Crippen MR) is 106 cm³/mol. The molecule has 2 amide bonds. The topological polar surface area (TPSA) is 49.4 Å². The zero-order valence-electron chi connectivity index (χ0n) is 13.5. The molecule has 0 bridgehead atoms. The summed E-state index contributed by atoms with van der Waals surface area (Å²) in [7, 11) is 0. The second kappa shape index (κ2) is 8.48. The summed E-state index contributed by atoms with van der Waals surface area (Å²) >= 11 is 7.98. The van der Waals surface area contributed by atoms with Gasteiger partial charge in [0.1, 0.15) is 0 Å². The first-order valence-electron chi connectivity index (χ1n) is 7.62. The summed E-state index contributed by atoms with van der Waals surface area (Å²) in [6.45, 7) is 5.24. The molecule has 2 rings (SSSR count). The summed E-state index contributed by atoms with van der Waals surface area (Å²) in [5, 5.41) is 3.42. The van der Waals surface area contributed by atoms with Crippen LogP contribution in [0.4, 0.5) is 5.69 Å². The molecule has 0 saturated heterocycles. The van der Waals surface area contributed by atoms with Crippen LogP contribution in [0.1, 0.15) is 34.6 Å². The summed E-state index contributed by atoms with van der Waals surface area (Å²) in [4.78, 5) is 26.3. The molecular weight excluding hydrogens is 439 g/mol. The summed E-state index contributed by atoms with van der Waals surface area (Å²) < 4.78 is 0.783. The summed E-state index contributed by atoms with van der Waals surface area (Å²) in [6, 6.07) is 12.0. The number of halogens is 2. The number of rotatable bonds is 5. The van der Waals surface area contributed by atoms with Gasteiger partial charge in [-0.2, -0.15) is 0 Å². The van der Waals surface area contributed by atoms with Gasteiger partial charge in [-0.25, -0.2) is 0 Å². The molecule has 0 atom stereocenters.